The average Bonchev–Trinajstić information content (AvgIpc) is 2.79. The van der Waals surface area contributed by atoms with E-state index in [2.05, 4.69) is 16.6 Å². The minimum Gasteiger partial charge on any atom is -0.322 e. The summed E-state index contributed by atoms with van der Waals surface area (Å²) in [6.07, 6.45) is 2.56. The van der Waals surface area contributed by atoms with Crippen molar-refractivity contribution in [1.29, 1.82) is 0 Å². The van der Waals surface area contributed by atoms with Crippen LogP contribution >= 0.6 is 11.6 Å². The Bertz CT molecular complexity index is 1450. The molecule has 0 aliphatic carbocycles. The van der Waals surface area contributed by atoms with E-state index in [1.165, 1.54) is 65.0 Å². The normalized spacial score (nSPS) is 11.5. The number of sulfonamides is 2. The van der Waals surface area contributed by atoms with Gasteiger partial charge in [0.05, 0.1) is 29.1 Å². The van der Waals surface area contributed by atoms with E-state index in [4.69, 9.17) is 11.6 Å². The summed E-state index contributed by atoms with van der Waals surface area (Å²) in [5.41, 5.74) is 2.19. The van der Waals surface area contributed by atoms with Crippen LogP contribution in [-0.2, 0) is 20.0 Å². The molecule has 2 N–H and O–H groups in total. The van der Waals surface area contributed by atoms with Crippen molar-refractivity contribution in [1.82, 2.24) is 0 Å². The molecular weight excluding hydrogens is 510 g/mol. The molecule has 3 aromatic carbocycles. The SMILES string of the molecule is C=CCN(c1ccc(C(=O)Nc2ccc(S(=O)(=O)Nc3cc(Cl)ccc3C)cc2)cc1)S(C)(=O)=O. The first-order chi connectivity index (χ1) is 16.4. The summed E-state index contributed by atoms with van der Waals surface area (Å²) in [7, 11) is -7.36. The van der Waals surface area contributed by atoms with Crippen molar-refractivity contribution in [2.75, 3.05) is 27.1 Å². The monoisotopic (exact) mass is 533 g/mol. The Balaban J connectivity index is 1.72. The zero-order valence-electron chi connectivity index (χ0n) is 19.0. The minimum atomic E-state index is -3.86. The van der Waals surface area contributed by atoms with Gasteiger partial charge in [-0.05, 0) is 73.2 Å². The second-order valence-electron chi connectivity index (χ2n) is 7.67. The van der Waals surface area contributed by atoms with Gasteiger partial charge in [-0.3, -0.25) is 13.8 Å². The number of anilines is 3. The van der Waals surface area contributed by atoms with E-state index in [0.29, 0.717) is 27.6 Å². The van der Waals surface area contributed by atoms with Gasteiger partial charge in [0.2, 0.25) is 10.0 Å². The van der Waals surface area contributed by atoms with Crippen LogP contribution in [0.3, 0.4) is 0 Å². The molecule has 0 bridgehead atoms. The second-order valence-corrected chi connectivity index (χ2v) is 11.7. The van der Waals surface area contributed by atoms with Gasteiger partial charge in [-0.1, -0.05) is 23.7 Å². The van der Waals surface area contributed by atoms with Crippen LogP contribution in [0.15, 0.2) is 84.3 Å². The smallest absolute Gasteiger partial charge is 0.261 e. The van der Waals surface area contributed by atoms with E-state index in [0.717, 1.165) is 11.8 Å². The van der Waals surface area contributed by atoms with Gasteiger partial charge in [-0.25, -0.2) is 16.8 Å². The summed E-state index contributed by atoms with van der Waals surface area (Å²) in [6.45, 7) is 5.43. The molecule has 0 radical (unpaired) electrons. The third kappa shape index (κ3) is 6.62. The summed E-state index contributed by atoms with van der Waals surface area (Å²) >= 11 is 5.96. The maximum atomic E-state index is 12.7. The van der Waals surface area contributed by atoms with E-state index in [-0.39, 0.29) is 11.4 Å². The van der Waals surface area contributed by atoms with Crippen molar-refractivity contribution in [2.45, 2.75) is 11.8 Å². The number of amides is 1. The number of aryl methyl sites for hydroxylation is 1. The Morgan fingerprint density at radius 1 is 1.00 bits per heavy atom. The molecule has 0 saturated heterocycles. The van der Waals surface area contributed by atoms with E-state index in [1.54, 1.807) is 19.1 Å². The van der Waals surface area contributed by atoms with Gasteiger partial charge < -0.3 is 5.32 Å². The van der Waals surface area contributed by atoms with Gasteiger partial charge in [-0.15, -0.1) is 6.58 Å². The molecule has 3 aromatic rings. The highest BCUT2D eigenvalue weighted by Crippen LogP contribution is 2.24. The van der Waals surface area contributed by atoms with Crippen molar-refractivity contribution in [2.24, 2.45) is 0 Å². The molecule has 0 aliphatic rings. The fourth-order valence-electron chi connectivity index (χ4n) is 3.16. The molecule has 8 nitrogen and oxygen atoms in total. The fraction of sp³-hybridized carbons (Fsp3) is 0.125. The number of rotatable bonds is 9. The maximum Gasteiger partial charge on any atom is 0.261 e. The van der Waals surface area contributed by atoms with Crippen molar-refractivity contribution in [3.8, 4) is 0 Å². The maximum absolute atomic E-state index is 12.7. The first-order valence-corrected chi connectivity index (χ1v) is 14.0. The van der Waals surface area contributed by atoms with Crippen molar-refractivity contribution in [3.05, 3.63) is 95.5 Å². The Hall–Kier alpha value is -3.34. The molecule has 35 heavy (non-hydrogen) atoms. The fourth-order valence-corrected chi connectivity index (χ4v) is 5.33. The van der Waals surface area contributed by atoms with Gasteiger partial charge in [0.25, 0.3) is 15.9 Å². The van der Waals surface area contributed by atoms with Gasteiger partial charge in [0.15, 0.2) is 0 Å². The van der Waals surface area contributed by atoms with Gasteiger partial charge >= 0.3 is 0 Å². The molecule has 184 valence electrons. The Kier molecular flexibility index (Phi) is 7.89. The average molecular weight is 534 g/mol. The molecule has 0 fully saturated rings. The van der Waals surface area contributed by atoms with Crippen LogP contribution in [0.1, 0.15) is 15.9 Å². The van der Waals surface area contributed by atoms with E-state index < -0.39 is 26.0 Å². The Morgan fingerprint density at radius 2 is 1.63 bits per heavy atom. The Morgan fingerprint density at radius 3 is 2.20 bits per heavy atom. The van der Waals surface area contributed by atoms with Gasteiger partial charge in [0.1, 0.15) is 0 Å². The molecule has 0 atom stereocenters. The van der Waals surface area contributed by atoms with Crippen LogP contribution in [0.4, 0.5) is 17.1 Å². The molecule has 3 rings (SSSR count). The van der Waals surface area contributed by atoms with Crippen LogP contribution in [0, 0.1) is 6.92 Å². The van der Waals surface area contributed by atoms with Crippen LogP contribution in [-0.4, -0.2) is 35.5 Å². The number of carbonyl (C=O) groups is 1. The molecule has 11 heteroatoms. The third-order valence-corrected chi connectivity index (χ3v) is 7.76. The zero-order chi connectivity index (χ0) is 25.8. The standard InChI is InChI=1S/C24H24ClN3O5S2/c1-4-15-28(34(3,30)31)21-11-6-18(7-12-21)24(29)26-20-9-13-22(14-10-20)35(32,33)27-23-16-19(25)8-5-17(23)2/h4-14,16,27H,1,15H2,2-3H3,(H,26,29). The number of halogens is 1. The highest BCUT2D eigenvalue weighted by molar-refractivity contribution is 7.92. The molecule has 0 aliphatic heterocycles. The number of nitrogens with zero attached hydrogens (tertiary/aromatic N) is 1. The van der Waals surface area contributed by atoms with Crippen molar-refractivity contribution < 1.29 is 21.6 Å². The number of hydrogen-bond donors (Lipinski definition) is 2. The van der Waals surface area contributed by atoms with E-state index >= 15 is 0 Å². The van der Waals surface area contributed by atoms with Crippen molar-refractivity contribution >= 4 is 54.6 Å². The minimum absolute atomic E-state index is 0.0160. The molecule has 0 aromatic heterocycles. The van der Waals surface area contributed by atoms with E-state index in [1.807, 2.05) is 0 Å². The summed E-state index contributed by atoms with van der Waals surface area (Å²) in [4.78, 5) is 12.6. The highest BCUT2D eigenvalue weighted by atomic mass is 35.5. The predicted molar refractivity (Wildman–Crippen MR) is 140 cm³/mol. The molecule has 0 saturated carbocycles. The molecule has 0 spiro atoms. The Labute approximate surface area is 210 Å². The molecule has 0 heterocycles. The lowest BCUT2D eigenvalue weighted by atomic mass is 10.2. The summed E-state index contributed by atoms with van der Waals surface area (Å²) < 4.78 is 53.1. The number of benzene rings is 3. The van der Waals surface area contributed by atoms with Gasteiger partial charge in [-0.2, -0.15) is 0 Å². The van der Waals surface area contributed by atoms with Crippen LogP contribution in [0.5, 0.6) is 0 Å². The van der Waals surface area contributed by atoms with Gasteiger partial charge in [0, 0.05) is 16.3 Å². The zero-order valence-corrected chi connectivity index (χ0v) is 21.4. The van der Waals surface area contributed by atoms with Crippen LogP contribution in [0.2, 0.25) is 5.02 Å². The number of carbonyl (C=O) groups excluding carboxylic acids is 1. The predicted octanol–water partition coefficient (Wildman–Crippen LogP) is 4.65. The van der Waals surface area contributed by atoms with Crippen LogP contribution in [0.25, 0.3) is 0 Å². The second kappa shape index (κ2) is 10.5. The van der Waals surface area contributed by atoms with Crippen LogP contribution < -0.4 is 14.3 Å². The summed E-state index contributed by atoms with van der Waals surface area (Å²) in [5.74, 6) is -0.436. The molecular formula is C24H24ClN3O5S2. The van der Waals surface area contributed by atoms with Crippen molar-refractivity contribution in [3.63, 3.8) is 0 Å². The topological polar surface area (TPSA) is 113 Å². The number of nitrogens with one attached hydrogen (secondary N) is 2. The lowest BCUT2D eigenvalue weighted by Gasteiger charge is -2.20. The largest absolute Gasteiger partial charge is 0.322 e. The molecule has 0 unspecified atom stereocenters. The highest BCUT2D eigenvalue weighted by Gasteiger charge is 2.18. The van der Waals surface area contributed by atoms with E-state index in [9.17, 15) is 21.6 Å². The first-order valence-electron chi connectivity index (χ1n) is 10.3. The third-order valence-electron chi connectivity index (χ3n) is 4.98. The summed E-state index contributed by atoms with van der Waals surface area (Å²) in [5, 5.41) is 3.09. The lowest BCUT2D eigenvalue weighted by molar-refractivity contribution is 0.102. The first kappa shape index (κ1) is 26.3. The quantitative estimate of drug-likeness (QED) is 0.389. The lowest BCUT2D eigenvalue weighted by Crippen LogP contribution is -2.29. The summed E-state index contributed by atoms with van der Waals surface area (Å²) in [6, 6.07) is 16.7. The molecule has 1 amide bonds. The number of hydrogen-bond acceptors (Lipinski definition) is 5.